The molecule has 0 aliphatic carbocycles. The van der Waals surface area contributed by atoms with Gasteiger partial charge >= 0.3 is 0 Å². The van der Waals surface area contributed by atoms with Gasteiger partial charge in [-0.25, -0.2) is 0 Å². The maximum absolute atomic E-state index is 5.99. The zero-order chi connectivity index (χ0) is 12.9. The highest BCUT2D eigenvalue weighted by Gasteiger charge is 2.30. The second-order valence-corrected chi connectivity index (χ2v) is 4.48. The number of hydrogen-bond acceptors (Lipinski definition) is 1. The van der Waals surface area contributed by atoms with Crippen molar-refractivity contribution in [1.82, 2.24) is 0 Å². The SMILES string of the molecule is [B]c1c([B])c([B])c2c(c1[B])NC([B])C([B])C2C. The van der Waals surface area contributed by atoms with Crippen LogP contribution in [0.25, 0.3) is 0 Å². The fraction of sp³-hybridized carbons (Fsp3) is 0.400. The Kier molecular flexibility index (Phi) is 3.22. The van der Waals surface area contributed by atoms with Crippen LogP contribution in [0.15, 0.2) is 0 Å². The van der Waals surface area contributed by atoms with Crippen LogP contribution >= 0.6 is 0 Å². The molecule has 1 aliphatic heterocycles. The van der Waals surface area contributed by atoms with E-state index in [4.69, 9.17) is 47.1 Å². The average molecular weight is 206 g/mol. The quantitative estimate of drug-likeness (QED) is 0.442. The number of benzene rings is 1. The molecule has 1 nitrogen and oxygen atoms in total. The molecule has 17 heavy (non-hydrogen) atoms. The molecule has 7 heteroatoms. The Labute approximate surface area is 110 Å². The van der Waals surface area contributed by atoms with Crippen LogP contribution in [-0.2, 0) is 0 Å². The summed E-state index contributed by atoms with van der Waals surface area (Å²) in [6.07, 6.45) is 0. The van der Waals surface area contributed by atoms with Gasteiger partial charge in [0.15, 0.2) is 0 Å². The first-order valence-electron chi connectivity index (χ1n) is 5.39. The fourth-order valence-corrected chi connectivity index (χ4v) is 2.24. The lowest BCUT2D eigenvalue weighted by molar-refractivity contribution is 0.656. The minimum absolute atomic E-state index is 0.0357. The van der Waals surface area contributed by atoms with E-state index in [0.29, 0.717) is 22.1 Å². The summed E-state index contributed by atoms with van der Waals surface area (Å²) in [6, 6.07) is 0. The molecule has 3 unspecified atom stereocenters. The molecule has 2 rings (SSSR count). The van der Waals surface area contributed by atoms with Crippen LogP contribution in [0.1, 0.15) is 18.4 Å². The van der Waals surface area contributed by atoms with Gasteiger partial charge in [0.25, 0.3) is 0 Å². The lowest BCUT2D eigenvalue weighted by atomic mass is 9.56. The van der Waals surface area contributed by atoms with Crippen LogP contribution in [0.4, 0.5) is 5.69 Å². The molecule has 12 radical (unpaired) electrons. The number of rotatable bonds is 0. The van der Waals surface area contributed by atoms with Gasteiger partial charge in [-0.05, 0) is 17.4 Å². The van der Waals surface area contributed by atoms with Crippen LogP contribution in [0, 0.1) is 0 Å². The van der Waals surface area contributed by atoms with Gasteiger partial charge in [-0.1, -0.05) is 23.7 Å². The number of fused-ring (bicyclic) bond motifs is 1. The van der Waals surface area contributed by atoms with E-state index in [9.17, 15) is 0 Å². The zero-order valence-electron chi connectivity index (χ0n) is 9.70. The van der Waals surface area contributed by atoms with Crippen molar-refractivity contribution in [3.63, 3.8) is 0 Å². The standard InChI is InChI=1S/C10H7B6N/c1-2-3-5(12)6(13)7(14)8(15)9(3)17-10(16)4(2)11/h2,4,10,17H,1H3. The molecule has 0 fully saturated rings. The summed E-state index contributed by atoms with van der Waals surface area (Å²) < 4.78 is 0. The smallest absolute Gasteiger partial charge is 0.115 e. The van der Waals surface area contributed by atoms with E-state index in [0.717, 1.165) is 5.56 Å². The van der Waals surface area contributed by atoms with E-state index in [-0.39, 0.29) is 23.1 Å². The normalized spacial score (nSPS) is 27.2. The first-order chi connectivity index (χ1) is 7.86. The average Bonchev–Trinajstić information content (AvgIpc) is 2.30. The molecule has 1 N–H and O–H groups in total. The van der Waals surface area contributed by atoms with Crippen molar-refractivity contribution in [1.29, 1.82) is 0 Å². The van der Waals surface area contributed by atoms with E-state index in [2.05, 4.69) is 5.32 Å². The zero-order valence-corrected chi connectivity index (χ0v) is 9.70. The highest BCUT2D eigenvalue weighted by atomic mass is 14.9. The molecule has 1 aliphatic rings. The van der Waals surface area contributed by atoms with Crippen molar-refractivity contribution < 1.29 is 0 Å². The van der Waals surface area contributed by atoms with Crippen LogP contribution in [0.3, 0.4) is 0 Å². The summed E-state index contributed by atoms with van der Waals surface area (Å²) in [5.74, 6) is -0.680. The van der Waals surface area contributed by atoms with Gasteiger partial charge in [-0.2, -0.15) is 0 Å². The summed E-state index contributed by atoms with van der Waals surface area (Å²) in [5.41, 5.74) is 2.83. The van der Waals surface area contributed by atoms with Gasteiger partial charge < -0.3 is 5.32 Å². The summed E-state index contributed by atoms with van der Waals surface area (Å²) in [6.45, 7) is 1.94. The van der Waals surface area contributed by atoms with Gasteiger partial charge in [0.1, 0.15) is 31.4 Å². The topological polar surface area (TPSA) is 12.0 Å². The lowest BCUT2D eigenvalue weighted by Crippen LogP contribution is -2.53. The molecule has 0 amide bonds. The molecule has 0 bridgehead atoms. The van der Waals surface area contributed by atoms with E-state index in [1.807, 2.05) is 6.92 Å². The summed E-state index contributed by atoms with van der Waals surface area (Å²) in [7, 11) is 35.4. The first kappa shape index (κ1) is 12.9. The molecular formula is C10H7B6N. The molecule has 70 valence electrons. The third kappa shape index (κ3) is 1.78. The van der Waals surface area contributed by atoms with Gasteiger partial charge in [0, 0.05) is 5.69 Å². The van der Waals surface area contributed by atoms with E-state index in [1.165, 1.54) is 0 Å². The van der Waals surface area contributed by atoms with Gasteiger partial charge in [0.05, 0.1) is 15.7 Å². The van der Waals surface area contributed by atoms with Crippen LogP contribution in [0.2, 0.25) is 5.82 Å². The lowest BCUT2D eigenvalue weighted by Gasteiger charge is -2.40. The Morgan fingerprint density at radius 1 is 0.882 bits per heavy atom. The minimum atomic E-state index is -0.387. The van der Waals surface area contributed by atoms with Crippen molar-refractivity contribution >= 4 is 74.6 Å². The van der Waals surface area contributed by atoms with Crippen molar-refractivity contribution in [3.8, 4) is 0 Å². The van der Waals surface area contributed by atoms with Crippen LogP contribution in [0.5, 0.6) is 0 Å². The van der Waals surface area contributed by atoms with E-state index in [1.54, 1.807) is 0 Å². The van der Waals surface area contributed by atoms with Gasteiger partial charge in [-0.15, -0.1) is 10.9 Å². The highest BCUT2D eigenvalue weighted by molar-refractivity contribution is 6.64. The Balaban J connectivity index is 2.72. The largest absolute Gasteiger partial charge is 0.392 e. The third-order valence-corrected chi connectivity index (χ3v) is 3.46. The number of nitrogens with one attached hydrogen (secondary N) is 1. The van der Waals surface area contributed by atoms with Crippen LogP contribution < -0.4 is 27.2 Å². The molecule has 0 saturated carbocycles. The Bertz CT molecular complexity index is 475. The van der Waals surface area contributed by atoms with Gasteiger partial charge in [0.2, 0.25) is 0 Å². The van der Waals surface area contributed by atoms with Crippen molar-refractivity contribution in [3.05, 3.63) is 5.56 Å². The fourth-order valence-electron chi connectivity index (χ4n) is 2.24. The van der Waals surface area contributed by atoms with Gasteiger partial charge in [-0.3, -0.25) is 0 Å². The molecule has 0 aromatic heterocycles. The summed E-state index contributed by atoms with van der Waals surface area (Å²) in [4.78, 5) is 0. The molecule has 1 aromatic carbocycles. The predicted octanol–water partition coefficient (Wildman–Crippen LogP) is -3.16. The maximum atomic E-state index is 5.99. The Morgan fingerprint density at radius 2 is 1.41 bits per heavy atom. The molecular weight excluding hydrogens is 199 g/mol. The Morgan fingerprint density at radius 3 is 2.00 bits per heavy atom. The molecule has 1 heterocycles. The highest BCUT2D eigenvalue weighted by Crippen LogP contribution is 2.36. The minimum Gasteiger partial charge on any atom is -0.392 e. The second kappa shape index (κ2) is 4.26. The number of hydrogen-bond donors (Lipinski definition) is 1. The maximum Gasteiger partial charge on any atom is 0.115 e. The molecule has 0 saturated heterocycles. The third-order valence-electron chi connectivity index (χ3n) is 3.46. The van der Waals surface area contributed by atoms with E-state index >= 15 is 0 Å². The predicted molar refractivity (Wildman–Crippen MR) is 79.1 cm³/mol. The summed E-state index contributed by atoms with van der Waals surface area (Å²) >= 11 is 0. The van der Waals surface area contributed by atoms with Crippen molar-refractivity contribution in [2.75, 3.05) is 5.32 Å². The van der Waals surface area contributed by atoms with Crippen molar-refractivity contribution in [2.45, 2.75) is 24.6 Å². The molecule has 1 aromatic rings. The monoisotopic (exact) mass is 207 g/mol. The molecule has 3 atom stereocenters. The first-order valence-corrected chi connectivity index (χ1v) is 5.39. The summed E-state index contributed by atoms with van der Waals surface area (Å²) in [5, 5.41) is 3.03. The van der Waals surface area contributed by atoms with Crippen LogP contribution in [-0.4, -0.2) is 53.0 Å². The Hall–Kier alpha value is -0.590. The van der Waals surface area contributed by atoms with Crippen molar-refractivity contribution in [2.24, 2.45) is 0 Å². The van der Waals surface area contributed by atoms with E-state index < -0.39 is 0 Å². The number of anilines is 1. The second-order valence-electron chi connectivity index (χ2n) is 4.48. The molecule has 0 spiro atoms.